The van der Waals surface area contributed by atoms with E-state index in [1.807, 2.05) is 11.6 Å². The molecule has 1 spiro atoms. The normalized spacial score (nSPS) is 23.3. The van der Waals surface area contributed by atoms with Gasteiger partial charge in [0.1, 0.15) is 11.5 Å². The fraction of sp³-hybridized carbons (Fsp3) is 0.600. The Hall–Kier alpha value is -1.73. The molecular formula is C15H20ClN7. The van der Waals surface area contributed by atoms with Gasteiger partial charge in [0, 0.05) is 19.5 Å². The van der Waals surface area contributed by atoms with Gasteiger partial charge in [-0.2, -0.15) is 0 Å². The van der Waals surface area contributed by atoms with Crippen molar-refractivity contribution in [3.63, 3.8) is 0 Å². The highest BCUT2D eigenvalue weighted by Crippen LogP contribution is 2.59. The van der Waals surface area contributed by atoms with E-state index >= 15 is 0 Å². The van der Waals surface area contributed by atoms with Crippen LogP contribution in [-0.4, -0.2) is 49.8 Å². The summed E-state index contributed by atoms with van der Waals surface area (Å²) in [6.45, 7) is 2.23. The summed E-state index contributed by atoms with van der Waals surface area (Å²) in [5.74, 6) is 2.31. The van der Waals surface area contributed by atoms with E-state index in [4.69, 9.17) is 17.3 Å². The average molecular weight is 334 g/mol. The second kappa shape index (κ2) is 5.14. The number of hydrogen-bond donors (Lipinski definition) is 1. The number of anilines is 1. The standard InChI is InChI=1S/C15H20ClN7/c1-22-6-3-9(15(8-22)4-5-15)12-20-21-13(23(12)2)11-10(16)7-18-14(17)19-11/h7,9H,3-6,8H2,1-2H3,(H2,17,18,19). The van der Waals surface area contributed by atoms with Crippen molar-refractivity contribution in [3.05, 3.63) is 17.0 Å². The molecule has 1 saturated heterocycles. The van der Waals surface area contributed by atoms with Crippen molar-refractivity contribution in [2.24, 2.45) is 12.5 Å². The Morgan fingerprint density at radius 1 is 1.30 bits per heavy atom. The van der Waals surface area contributed by atoms with Crippen molar-refractivity contribution in [3.8, 4) is 11.5 Å². The van der Waals surface area contributed by atoms with Crippen LogP contribution in [0.5, 0.6) is 0 Å². The predicted molar refractivity (Wildman–Crippen MR) is 88.0 cm³/mol. The van der Waals surface area contributed by atoms with Crippen LogP contribution in [0.4, 0.5) is 5.95 Å². The number of hydrogen-bond acceptors (Lipinski definition) is 6. The van der Waals surface area contributed by atoms with Crippen LogP contribution >= 0.6 is 11.6 Å². The lowest BCUT2D eigenvalue weighted by atomic mass is 9.82. The minimum atomic E-state index is 0.187. The topological polar surface area (TPSA) is 85.8 Å². The molecular weight excluding hydrogens is 314 g/mol. The van der Waals surface area contributed by atoms with Crippen molar-refractivity contribution >= 4 is 17.5 Å². The van der Waals surface area contributed by atoms with Crippen LogP contribution in [0.1, 0.15) is 31.0 Å². The molecule has 0 amide bonds. The molecule has 8 heteroatoms. The molecule has 1 unspecified atom stereocenters. The Kier molecular flexibility index (Phi) is 3.32. The van der Waals surface area contributed by atoms with E-state index in [0.29, 0.717) is 27.9 Å². The Morgan fingerprint density at radius 2 is 2.09 bits per heavy atom. The molecule has 1 saturated carbocycles. The Bertz CT molecular complexity index is 752. The van der Waals surface area contributed by atoms with Crippen molar-refractivity contribution < 1.29 is 0 Å². The van der Waals surface area contributed by atoms with Crippen LogP contribution in [0.15, 0.2) is 6.20 Å². The van der Waals surface area contributed by atoms with E-state index in [1.54, 1.807) is 0 Å². The van der Waals surface area contributed by atoms with Gasteiger partial charge in [-0.3, -0.25) is 0 Å². The van der Waals surface area contributed by atoms with Gasteiger partial charge in [-0.05, 0) is 38.3 Å². The second-order valence-corrected chi connectivity index (χ2v) is 7.21. The molecule has 1 atom stereocenters. The van der Waals surface area contributed by atoms with Crippen LogP contribution in [0.2, 0.25) is 5.02 Å². The average Bonchev–Trinajstić information content (AvgIpc) is 3.17. The summed E-state index contributed by atoms with van der Waals surface area (Å²) in [6, 6.07) is 0. The zero-order valence-electron chi connectivity index (χ0n) is 13.3. The Morgan fingerprint density at radius 3 is 2.83 bits per heavy atom. The molecule has 7 nitrogen and oxygen atoms in total. The van der Waals surface area contributed by atoms with E-state index < -0.39 is 0 Å². The minimum absolute atomic E-state index is 0.187. The van der Waals surface area contributed by atoms with Crippen LogP contribution in [0.25, 0.3) is 11.5 Å². The molecule has 122 valence electrons. The van der Waals surface area contributed by atoms with Gasteiger partial charge in [0.05, 0.1) is 11.2 Å². The van der Waals surface area contributed by atoms with Gasteiger partial charge in [0.25, 0.3) is 0 Å². The lowest BCUT2D eigenvalue weighted by Crippen LogP contribution is -2.39. The third-order valence-electron chi connectivity index (χ3n) is 5.21. The van der Waals surface area contributed by atoms with E-state index in [2.05, 4.69) is 32.1 Å². The summed E-state index contributed by atoms with van der Waals surface area (Å²) < 4.78 is 2.02. The number of nitrogens with two attached hydrogens (primary N) is 1. The second-order valence-electron chi connectivity index (χ2n) is 6.81. The Labute approximate surface area is 139 Å². The quantitative estimate of drug-likeness (QED) is 0.900. The molecule has 2 aromatic rings. The molecule has 4 rings (SSSR count). The van der Waals surface area contributed by atoms with E-state index in [0.717, 1.165) is 25.3 Å². The number of halogens is 1. The molecule has 0 bridgehead atoms. The third-order valence-corrected chi connectivity index (χ3v) is 5.49. The highest BCUT2D eigenvalue weighted by atomic mass is 35.5. The number of likely N-dealkylation sites (tertiary alicyclic amines) is 1. The van der Waals surface area contributed by atoms with Crippen molar-refractivity contribution in [2.45, 2.75) is 25.2 Å². The number of nitrogen functional groups attached to an aromatic ring is 1. The molecule has 2 aromatic heterocycles. The number of piperidine rings is 1. The van der Waals surface area contributed by atoms with Gasteiger partial charge < -0.3 is 15.2 Å². The predicted octanol–water partition coefficient (Wildman–Crippen LogP) is 1.71. The van der Waals surface area contributed by atoms with Crippen LogP contribution in [0, 0.1) is 5.41 Å². The monoisotopic (exact) mass is 333 g/mol. The van der Waals surface area contributed by atoms with Gasteiger partial charge in [-0.15, -0.1) is 10.2 Å². The zero-order chi connectivity index (χ0) is 16.2. The molecule has 2 aliphatic rings. The molecule has 1 aliphatic carbocycles. The molecule has 2 N–H and O–H groups in total. The summed E-state index contributed by atoms with van der Waals surface area (Å²) in [4.78, 5) is 10.6. The fourth-order valence-corrected chi connectivity index (χ4v) is 4.02. The maximum absolute atomic E-state index is 6.22. The highest BCUT2D eigenvalue weighted by molar-refractivity contribution is 6.32. The Balaban J connectivity index is 1.73. The highest BCUT2D eigenvalue weighted by Gasteiger charge is 2.53. The SMILES string of the molecule is CN1CCC(c2nnc(-c3nc(N)ncc3Cl)n2C)C2(CC2)C1. The first-order valence-electron chi connectivity index (χ1n) is 7.86. The molecule has 23 heavy (non-hydrogen) atoms. The largest absolute Gasteiger partial charge is 0.368 e. The van der Waals surface area contributed by atoms with Gasteiger partial charge in [0.15, 0.2) is 5.82 Å². The number of rotatable bonds is 2. The summed E-state index contributed by atoms with van der Waals surface area (Å²) in [5.41, 5.74) is 6.60. The van der Waals surface area contributed by atoms with Gasteiger partial charge in [-0.25, -0.2) is 9.97 Å². The van der Waals surface area contributed by atoms with E-state index in [9.17, 15) is 0 Å². The van der Waals surface area contributed by atoms with Crippen molar-refractivity contribution in [1.29, 1.82) is 0 Å². The lowest BCUT2D eigenvalue weighted by Gasteiger charge is -2.36. The zero-order valence-corrected chi connectivity index (χ0v) is 14.1. The van der Waals surface area contributed by atoms with Crippen LogP contribution in [0.3, 0.4) is 0 Å². The van der Waals surface area contributed by atoms with E-state index in [-0.39, 0.29) is 5.95 Å². The summed E-state index contributed by atoms with van der Waals surface area (Å²) in [6.07, 6.45) is 5.16. The molecule has 0 radical (unpaired) electrons. The van der Waals surface area contributed by atoms with E-state index in [1.165, 1.54) is 19.0 Å². The fourth-order valence-electron chi connectivity index (χ4n) is 3.84. The number of aromatic nitrogens is 5. The third kappa shape index (κ3) is 2.38. The molecule has 1 aliphatic heterocycles. The minimum Gasteiger partial charge on any atom is -0.368 e. The summed E-state index contributed by atoms with van der Waals surface area (Å²) in [7, 11) is 4.18. The van der Waals surface area contributed by atoms with Gasteiger partial charge >= 0.3 is 0 Å². The molecule has 0 aromatic carbocycles. The first kappa shape index (κ1) is 14.8. The maximum Gasteiger partial charge on any atom is 0.220 e. The first-order chi connectivity index (χ1) is 11.0. The molecule has 2 fully saturated rings. The first-order valence-corrected chi connectivity index (χ1v) is 8.24. The smallest absolute Gasteiger partial charge is 0.220 e. The molecule has 3 heterocycles. The summed E-state index contributed by atoms with van der Waals surface area (Å²) >= 11 is 6.22. The summed E-state index contributed by atoms with van der Waals surface area (Å²) in [5, 5.41) is 9.26. The number of nitrogens with zero attached hydrogens (tertiary/aromatic N) is 6. The lowest BCUT2D eigenvalue weighted by molar-refractivity contribution is 0.160. The van der Waals surface area contributed by atoms with Crippen LogP contribution in [-0.2, 0) is 7.05 Å². The maximum atomic E-state index is 6.22. The van der Waals surface area contributed by atoms with Crippen molar-refractivity contribution in [1.82, 2.24) is 29.6 Å². The van der Waals surface area contributed by atoms with Gasteiger partial charge in [0.2, 0.25) is 5.95 Å². The van der Waals surface area contributed by atoms with Gasteiger partial charge in [-0.1, -0.05) is 11.6 Å². The van der Waals surface area contributed by atoms with Crippen molar-refractivity contribution in [2.75, 3.05) is 25.9 Å². The van der Waals surface area contributed by atoms with Crippen LogP contribution < -0.4 is 5.73 Å².